The number of anilines is 2. The number of hydrogen-bond donors (Lipinski definition) is 3. The highest BCUT2D eigenvalue weighted by molar-refractivity contribution is 5.99. The first-order valence-electron chi connectivity index (χ1n) is 19.1. The predicted molar refractivity (Wildman–Crippen MR) is 208 cm³/mol. The zero-order valence-electron chi connectivity index (χ0n) is 35.0. The molecule has 3 aromatic rings. The van der Waals surface area contributed by atoms with Crippen LogP contribution in [0.4, 0.5) is 47.3 Å². The van der Waals surface area contributed by atoms with Gasteiger partial charge in [-0.05, 0) is 84.7 Å². The maximum Gasteiger partial charge on any atom is 0.416 e. The molecule has 0 bridgehead atoms. The minimum atomic E-state index is -5.19. The topological polar surface area (TPSA) is 197 Å². The Bertz CT molecular complexity index is 2040. The Morgan fingerprint density at radius 3 is 2.02 bits per heavy atom. The van der Waals surface area contributed by atoms with Crippen molar-refractivity contribution in [3.63, 3.8) is 0 Å². The van der Waals surface area contributed by atoms with Crippen LogP contribution in [0, 0.1) is 0 Å². The number of esters is 1. The summed E-state index contributed by atoms with van der Waals surface area (Å²) >= 11 is 0. The molecule has 3 unspecified atom stereocenters. The van der Waals surface area contributed by atoms with Gasteiger partial charge in [-0.2, -0.15) is 26.3 Å². The molecule has 0 aliphatic carbocycles. The Morgan fingerprint density at radius 1 is 0.885 bits per heavy atom. The van der Waals surface area contributed by atoms with Crippen molar-refractivity contribution < 1.29 is 64.5 Å². The van der Waals surface area contributed by atoms with Crippen molar-refractivity contribution in [2.75, 3.05) is 23.9 Å². The fraction of sp³-hybridized carbons (Fsp3) is 0.525. The third kappa shape index (κ3) is 12.4. The Kier molecular flexibility index (Phi) is 14.5. The predicted octanol–water partition coefficient (Wildman–Crippen LogP) is 7.29. The number of nitrogens with two attached hydrogens (primary N) is 1. The summed E-state index contributed by atoms with van der Waals surface area (Å²) in [4.78, 5) is 67.9. The number of halogens is 6. The van der Waals surface area contributed by atoms with E-state index in [4.69, 9.17) is 24.7 Å². The van der Waals surface area contributed by atoms with E-state index < -0.39 is 101 Å². The first-order chi connectivity index (χ1) is 28.1. The van der Waals surface area contributed by atoms with Crippen LogP contribution in [-0.4, -0.2) is 82.1 Å². The summed E-state index contributed by atoms with van der Waals surface area (Å²) < 4.78 is 105. The zero-order chi connectivity index (χ0) is 45.8. The Morgan fingerprint density at radius 2 is 1.49 bits per heavy atom. The van der Waals surface area contributed by atoms with Gasteiger partial charge in [0.15, 0.2) is 0 Å². The smallest absolute Gasteiger partial charge is 0.416 e. The van der Waals surface area contributed by atoms with Gasteiger partial charge in [-0.3, -0.25) is 14.5 Å². The van der Waals surface area contributed by atoms with Crippen molar-refractivity contribution in [3.05, 3.63) is 70.4 Å². The van der Waals surface area contributed by atoms with E-state index in [1.807, 2.05) is 0 Å². The van der Waals surface area contributed by atoms with E-state index >= 15 is 0 Å². The number of aromatic nitrogens is 3. The van der Waals surface area contributed by atoms with Crippen LogP contribution in [0.15, 0.2) is 36.5 Å². The number of methoxy groups -OCH3 is 1. The van der Waals surface area contributed by atoms with Crippen LogP contribution in [-0.2, 0) is 42.6 Å². The molecule has 61 heavy (non-hydrogen) atoms. The lowest BCUT2D eigenvalue weighted by atomic mass is 9.83. The highest BCUT2D eigenvalue weighted by Crippen LogP contribution is 2.43. The number of nitrogens with zero attached hydrogens (tertiary/aromatic N) is 4. The average Bonchev–Trinajstić information content (AvgIpc) is 3.12. The van der Waals surface area contributed by atoms with Crippen molar-refractivity contribution in [1.29, 1.82) is 0 Å². The minimum Gasteiger partial charge on any atom is -0.481 e. The molecule has 0 saturated carbocycles. The number of amides is 3. The number of rotatable bonds is 11. The molecule has 0 fully saturated rings. The summed E-state index contributed by atoms with van der Waals surface area (Å²) in [5.41, 5.74) is 0.878. The van der Waals surface area contributed by atoms with Crippen LogP contribution in [0.5, 0.6) is 5.88 Å². The van der Waals surface area contributed by atoms with Gasteiger partial charge in [0, 0.05) is 18.5 Å². The molecule has 4 rings (SSSR count). The van der Waals surface area contributed by atoms with E-state index in [0.29, 0.717) is 12.1 Å². The van der Waals surface area contributed by atoms with Crippen molar-refractivity contribution >= 4 is 35.4 Å². The fourth-order valence-corrected chi connectivity index (χ4v) is 6.49. The van der Waals surface area contributed by atoms with E-state index in [0.717, 1.165) is 6.20 Å². The average molecular weight is 870 g/mol. The van der Waals surface area contributed by atoms with Gasteiger partial charge in [0.1, 0.15) is 23.1 Å². The van der Waals surface area contributed by atoms with Crippen molar-refractivity contribution in [3.8, 4) is 5.88 Å². The molecular weight excluding hydrogens is 820 g/mol. The highest BCUT2D eigenvalue weighted by atomic mass is 19.4. The number of benzene rings is 1. The van der Waals surface area contributed by atoms with Crippen LogP contribution in [0.3, 0.4) is 0 Å². The summed E-state index contributed by atoms with van der Waals surface area (Å²) in [6, 6.07) is 0.544. The van der Waals surface area contributed by atoms with Gasteiger partial charge < -0.3 is 35.3 Å². The van der Waals surface area contributed by atoms with E-state index in [-0.39, 0.29) is 53.6 Å². The standard InChI is InChI=1S/C40H49F6N7O8/c1-10-26-31(47)30(32-27(12-13-28(52-32)58-9)53(26)36(57)59-11-2)33-48-19-25(23(49-33)16-20-14-21(39(41,42)43)17-22(15-20)40(44,45)46)50-34(55)24(18-29(54)60-37(3,4)5)51-35(56)61-38(6,7)8/h12-15,17,19,24,26,30-31H,10-11,16,18,47H2,1-9H3,(H,50,55)(H,51,56)/t24-,26?,30?,31?/m0/s1. The summed E-state index contributed by atoms with van der Waals surface area (Å²) in [6.07, 6.45) is -12.3. The number of fused-ring (bicyclic) bond motifs is 1. The number of alkyl carbamates (subject to hydrolysis) is 1. The van der Waals surface area contributed by atoms with Gasteiger partial charge in [-0.15, -0.1) is 0 Å². The Labute approximate surface area is 348 Å². The monoisotopic (exact) mass is 869 g/mol. The largest absolute Gasteiger partial charge is 0.481 e. The maximum atomic E-state index is 14.0. The van der Waals surface area contributed by atoms with Crippen molar-refractivity contribution in [1.82, 2.24) is 20.3 Å². The molecule has 15 nitrogen and oxygen atoms in total. The number of hydrogen-bond acceptors (Lipinski definition) is 12. The van der Waals surface area contributed by atoms with Gasteiger partial charge in [-0.25, -0.2) is 24.5 Å². The molecule has 2 aromatic heterocycles. The molecule has 1 aliphatic rings. The number of carbonyl (C=O) groups excluding carboxylic acids is 4. The van der Waals surface area contributed by atoms with Gasteiger partial charge in [0.05, 0.1) is 72.2 Å². The van der Waals surface area contributed by atoms with Crippen LogP contribution in [0.25, 0.3) is 0 Å². The minimum absolute atomic E-state index is 0.0283. The summed E-state index contributed by atoms with van der Waals surface area (Å²) in [5.74, 6) is -3.10. The first kappa shape index (κ1) is 47.9. The molecular formula is C40H49F6N7O8. The highest BCUT2D eigenvalue weighted by Gasteiger charge is 2.45. The Hall–Kier alpha value is -5.73. The molecule has 3 amide bonds. The van der Waals surface area contributed by atoms with Gasteiger partial charge in [-0.1, -0.05) is 6.92 Å². The van der Waals surface area contributed by atoms with E-state index in [2.05, 4.69) is 25.6 Å². The van der Waals surface area contributed by atoms with E-state index in [9.17, 15) is 45.5 Å². The number of alkyl halides is 6. The van der Waals surface area contributed by atoms with Gasteiger partial charge in [0.25, 0.3) is 0 Å². The third-order valence-corrected chi connectivity index (χ3v) is 8.92. The van der Waals surface area contributed by atoms with Crippen LogP contribution >= 0.6 is 0 Å². The SMILES string of the molecule is CCOC(=O)N1c2ccc(OC)nc2C(c2ncc(NC(=O)[C@H](CC(=O)OC(C)(C)C)NC(=O)OC(C)(C)C)c(Cc3cc(C(F)(F)F)cc(C(F)(F)F)c3)n2)C(N)C1CC. The van der Waals surface area contributed by atoms with Crippen molar-refractivity contribution in [2.24, 2.45) is 5.73 Å². The van der Waals surface area contributed by atoms with E-state index in [1.165, 1.54) is 18.1 Å². The van der Waals surface area contributed by atoms with Crippen molar-refractivity contribution in [2.45, 2.75) is 122 Å². The fourth-order valence-electron chi connectivity index (χ4n) is 6.49. The molecule has 0 spiro atoms. The quantitative estimate of drug-likeness (QED) is 0.0991. The molecule has 0 saturated heterocycles. The molecule has 334 valence electrons. The summed E-state index contributed by atoms with van der Waals surface area (Å²) in [5, 5.41) is 4.78. The van der Waals surface area contributed by atoms with Crippen LogP contribution in [0.1, 0.15) is 108 Å². The maximum absolute atomic E-state index is 14.0. The first-order valence-corrected chi connectivity index (χ1v) is 19.1. The lowest BCUT2D eigenvalue weighted by Crippen LogP contribution is -2.57. The molecule has 0 radical (unpaired) electrons. The van der Waals surface area contributed by atoms with Gasteiger partial charge in [0.2, 0.25) is 11.8 Å². The Balaban J connectivity index is 1.93. The number of pyridine rings is 1. The molecule has 1 aromatic carbocycles. The summed E-state index contributed by atoms with van der Waals surface area (Å²) in [6.45, 7) is 12.8. The second-order valence-electron chi connectivity index (χ2n) is 16.0. The normalized spacial score (nSPS) is 17.4. The zero-order valence-corrected chi connectivity index (χ0v) is 35.0. The second-order valence-corrected chi connectivity index (χ2v) is 16.0. The molecule has 1 aliphatic heterocycles. The molecule has 4 atom stereocenters. The van der Waals surface area contributed by atoms with Crippen LogP contribution in [0.2, 0.25) is 0 Å². The number of nitrogens with one attached hydrogen (secondary N) is 2. The summed E-state index contributed by atoms with van der Waals surface area (Å²) in [7, 11) is 1.34. The van der Waals surface area contributed by atoms with Crippen LogP contribution < -0.4 is 26.0 Å². The molecule has 21 heteroatoms. The lowest BCUT2D eigenvalue weighted by molar-refractivity contribution is -0.156. The molecule has 3 heterocycles. The van der Waals surface area contributed by atoms with Gasteiger partial charge >= 0.3 is 30.5 Å². The third-order valence-electron chi connectivity index (χ3n) is 8.92. The second kappa shape index (κ2) is 18.5. The number of ether oxygens (including phenoxy) is 4. The molecule has 4 N–H and O–H groups in total. The number of carbonyl (C=O) groups is 4. The van der Waals surface area contributed by atoms with E-state index in [1.54, 1.807) is 61.5 Å². The lowest BCUT2D eigenvalue weighted by Gasteiger charge is -2.43.